The molecule has 4 N–H and O–H groups in total. The predicted octanol–water partition coefficient (Wildman–Crippen LogP) is 5.57. The van der Waals surface area contributed by atoms with E-state index in [9.17, 15) is 19.2 Å². The predicted molar refractivity (Wildman–Crippen MR) is 207 cm³/mol. The van der Waals surface area contributed by atoms with E-state index in [0.717, 1.165) is 53.0 Å². The Kier molecular flexibility index (Phi) is 10.1. The molecule has 6 atom stereocenters. The lowest BCUT2D eigenvalue weighted by Crippen LogP contribution is -2.48. The highest BCUT2D eigenvalue weighted by Crippen LogP contribution is 2.44. The summed E-state index contributed by atoms with van der Waals surface area (Å²) < 4.78 is 11.8. The number of alkyl carbamates (subject to hydrolysis) is 2. The maximum Gasteiger partial charge on any atom is 0.407 e. The first-order valence-electron chi connectivity index (χ1n) is 19.5. The van der Waals surface area contributed by atoms with Crippen LogP contribution in [0.1, 0.15) is 103 Å². The molecule has 0 saturated carbocycles. The van der Waals surface area contributed by atoms with Gasteiger partial charge in [-0.25, -0.2) is 19.6 Å². The highest BCUT2D eigenvalue weighted by Gasteiger charge is 2.43. The average Bonchev–Trinajstić information content (AvgIpc) is 4.06. The smallest absolute Gasteiger partial charge is 0.407 e. The summed E-state index contributed by atoms with van der Waals surface area (Å²) in [4.78, 5) is 71.0. The Hall–Kier alpha value is -5.92. The number of methoxy groups -OCH3 is 2. The van der Waals surface area contributed by atoms with Gasteiger partial charge >= 0.3 is 12.2 Å². The lowest BCUT2D eigenvalue weighted by Gasteiger charge is -2.31. The number of hydrogen-bond donors (Lipinski definition) is 4. The van der Waals surface area contributed by atoms with Gasteiger partial charge in [-0.15, -0.1) is 0 Å². The molecule has 1 saturated heterocycles. The first kappa shape index (κ1) is 37.0. The number of aromatic nitrogens is 5. The summed E-state index contributed by atoms with van der Waals surface area (Å²) in [6.45, 7) is 2.99. The molecule has 5 heterocycles. The standard InChI is InChI=1S/C42H48N8O6/c1-4-29(45-40(53)55-2)39(52)50-19-8-11-31(50)38-44-23-34(48-38)42(17-14-26(15-18-42)25-9-6-5-7-10-25)33-22-43-37(47-33)28-21-32(51)35-30(46-41(54)56-3)13-12-27-16-20-49(24-28)36(27)35/h5-7,9-10,14-17,20,22-23,28-31,35H,4,8,11-13,18-19,21,24H2,1-3H3,(H,43,47)(H,44,48)(H,45,53)(H,46,54)/t28-,29-,30-,31-,35?,42?/m0/s1. The number of aromatic amines is 2. The molecule has 3 amide bonds. The zero-order valence-electron chi connectivity index (χ0n) is 31.9. The van der Waals surface area contributed by atoms with Crippen LogP contribution in [0.3, 0.4) is 0 Å². The summed E-state index contributed by atoms with van der Waals surface area (Å²) in [5.41, 5.74) is 5.32. The highest BCUT2D eigenvalue weighted by atomic mass is 16.5. The summed E-state index contributed by atoms with van der Waals surface area (Å²) >= 11 is 0. The molecule has 4 aliphatic rings. The minimum absolute atomic E-state index is 0.0661. The number of ether oxygens (including phenoxy) is 2. The van der Waals surface area contributed by atoms with Crippen LogP contribution in [-0.4, -0.2) is 86.1 Å². The molecule has 56 heavy (non-hydrogen) atoms. The fraction of sp³-hybridized carbons (Fsp3) is 0.429. The molecule has 0 bridgehead atoms. The lowest BCUT2D eigenvalue weighted by atomic mass is 9.74. The van der Waals surface area contributed by atoms with Crippen LogP contribution in [0.2, 0.25) is 0 Å². The largest absolute Gasteiger partial charge is 0.453 e. The van der Waals surface area contributed by atoms with Crippen molar-refractivity contribution in [2.45, 2.75) is 93.8 Å². The Morgan fingerprint density at radius 1 is 1.00 bits per heavy atom. The van der Waals surface area contributed by atoms with Gasteiger partial charge in [0.25, 0.3) is 0 Å². The van der Waals surface area contributed by atoms with Crippen molar-refractivity contribution in [3.63, 3.8) is 0 Å². The number of nitrogens with zero attached hydrogens (tertiary/aromatic N) is 4. The summed E-state index contributed by atoms with van der Waals surface area (Å²) in [6, 6.07) is 11.0. The van der Waals surface area contributed by atoms with Gasteiger partial charge in [-0.1, -0.05) is 55.5 Å². The van der Waals surface area contributed by atoms with Crippen LogP contribution in [0.15, 0.2) is 73.2 Å². The van der Waals surface area contributed by atoms with Gasteiger partial charge < -0.3 is 39.5 Å². The van der Waals surface area contributed by atoms with Crippen LogP contribution in [-0.2, 0) is 37.4 Å². The second-order valence-electron chi connectivity index (χ2n) is 15.2. The molecule has 4 aromatic rings. The molecular weight excluding hydrogens is 713 g/mol. The minimum Gasteiger partial charge on any atom is -0.453 e. The summed E-state index contributed by atoms with van der Waals surface area (Å²) in [7, 11) is 2.62. The van der Waals surface area contributed by atoms with E-state index in [1.54, 1.807) is 4.90 Å². The second kappa shape index (κ2) is 15.3. The monoisotopic (exact) mass is 760 g/mol. The van der Waals surface area contributed by atoms with Crippen LogP contribution >= 0.6 is 0 Å². The lowest BCUT2D eigenvalue weighted by molar-refractivity contribution is -0.134. The first-order valence-corrected chi connectivity index (χ1v) is 19.5. The first-order chi connectivity index (χ1) is 27.2. The van der Waals surface area contributed by atoms with Crippen molar-refractivity contribution in [2.75, 3.05) is 20.8 Å². The third kappa shape index (κ3) is 6.70. The van der Waals surface area contributed by atoms with Gasteiger partial charge in [-0.3, -0.25) is 9.59 Å². The number of carbonyl (C=O) groups excluding carboxylic acids is 4. The zero-order valence-corrected chi connectivity index (χ0v) is 31.9. The Bertz CT molecular complexity index is 2180. The Morgan fingerprint density at radius 3 is 2.46 bits per heavy atom. The maximum absolute atomic E-state index is 14.1. The van der Waals surface area contributed by atoms with E-state index in [-0.39, 0.29) is 36.1 Å². The molecule has 0 spiro atoms. The third-order valence-electron chi connectivity index (χ3n) is 12.1. The van der Waals surface area contributed by atoms with Gasteiger partial charge in [0.1, 0.15) is 23.5 Å². The van der Waals surface area contributed by atoms with E-state index < -0.39 is 29.6 Å². The van der Waals surface area contributed by atoms with Gasteiger partial charge in [-0.05, 0) is 61.3 Å². The van der Waals surface area contributed by atoms with Gasteiger partial charge in [0.15, 0.2) is 0 Å². The average molecular weight is 761 g/mol. The number of aryl methyl sites for hydroxylation is 1. The number of carbonyl (C=O) groups is 4. The van der Waals surface area contributed by atoms with Crippen LogP contribution in [0.5, 0.6) is 0 Å². The van der Waals surface area contributed by atoms with E-state index in [1.807, 2.05) is 43.7 Å². The van der Waals surface area contributed by atoms with Gasteiger partial charge in [0.2, 0.25) is 5.91 Å². The molecule has 2 unspecified atom stereocenters. The number of ketones is 1. The summed E-state index contributed by atoms with van der Waals surface area (Å²) in [5, 5.41) is 5.60. The zero-order chi connectivity index (χ0) is 39.0. The number of amides is 3. The molecule has 1 fully saturated rings. The molecule has 3 aromatic heterocycles. The third-order valence-corrected chi connectivity index (χ3v) is 12.1. The fourth-order valence-corrected chi connectivity index (χ4v) is 9.13. The number of nitrogens with one attached hydrogen (secondary N) is 4. The fourth-order valence-electron chi connectivity index (χ4n) is 9.13. The Morgan fingerprint density at radius 2 is 1.75 bits per heavy atom. The van der Waals surface area contributed by atoms with E-state index in [1.165, 1.54) is 14.2 Å². The molecule has 14 nitrogen and oxygen atoms in total. The van der Waals surface area contributed by atoms with E-state index in [4.69, 9.17) is 19.4 Å². The molecule has 2 aliphatic heterocycles. The molecule has 2 aliphatic carbocycles. The Labute approximate surface area is 325 Å². The second-order valence-corrected chi connectivity index (χ2v) is 15.2. The quantitative estimate of drug-likeness (QED) is 0.171. The Balaban J connectivity index is 1.11. The molecular formula is C42H48N8O6. The van der Waals surface area contributed by atoms with Crippen molar-refractivity contribution in [3.8, 4) is 0 Å². The number of benzene rings is 1. The van der Waals surface area contributed by atoms with Gasteiger partial charge in [0.05, 0.1) is 43.0 Å². The maximum atomic E-state index is 14.1. The number of hydrogen-bond acceptors (Lipinski definition) is 8. The summed E-state index contributed by atoms with van der Waals surface area (Å²) in [5.74, 6) is 0.611. The van der Waals surface area contributed by atoms with Crippen molar-refractivity contribution in [1.29, 1.82) is 0 Å². The van der Waals surface area contributed by atoms with E-state index in [0.29, 0.717) is 44.0 Å². The normalized spacial score (nSPS) is 24.8. The van der Waals surface area contributed by atoms with Crippen LogP contribution in [0.4, 0.5) is 9.59 Å². The van der Waals surface area contributed by atoms with Crippen LogP contribution in [0.25, 0.3) is 5.57 Å². The number of H-pyrrole nitrogens is 2. The minimum atomic E-state index is -0.706. The van der Waals surface area contributed by atoms with Crippen molar-refractivity contribution >= 4 is 29.5 Å². The SMILES string of the molecule is CC[C@H](NC(=O)OC)C(=O)N1CCC[C@H]1c1ncc(C2(c3cnc([C@H]4CC(=O)C5c6c(ccn6C4)CC[C@@H]5NC(=O)OC)[nH]3)C=CC(c3ccccc3)=CC2)[nH]1. The van der Waals surface area contributed by atoms with Crippen LogP contribution in [0, 0.1) is 0 Å². The molecule has 0 radical (unpaired) electrons. The molecule has 292 valence electrons. The number of imidazole rings is 2. The number of rotatable bonds is 9. The van der Waals surface area contributed by atoms with Gasteiger partial charge in [0, 0.05) is 55.8 Å². The number of Topliss-reactive ketones (excluding diaryl/α,β-unsaturated/α-hetero) is 1. The van der Waals surface area contributed by atoms with E-state index in [2.05, 4.69) is 61.6 Å². The molecule has 8 rings (SSSR count). The van der Waals surface area contributed by atoms with Crippen molar-refractivity contribution in [1.82, 2.24) is 40.0 Å². The van der Waals surface area contributed by atoms with Gasteiger partial charge in [-0.2, -0.15) is 0 Å². The highest BCUT2D eigenvalue weighted by molar-refractivity contribution is 5.89. The topological polar surface area (TPSA) is 176 Å². The molecule has 14 heteroatoms. The van der Waals surface area contributed by atoms with Crippen molar-refractivity contribution in [2.24, 2.45) is 0 Å². The van der Waals surface area contributed by atoms with Crippen molar-refractivity contribution in [3.05, 3.63) is 113 Å². The number of allylic oxidation sites excluding steroid dienone is 4. The number of likely N-dealkylation sites (tertiary alicyclic amines) is 1. The summed E-state index contributed by atoms with van der Waals surface area (Å²) in [6.07, 6.45) is 15.4. The van der Waals surface area contributed by atoms with Crippen molar-refractivity contribution < 1.29 is 28.7 Å². The van der Waals surface area contributed by atoms with E-state index >= 15 is 0 Å². The molecule has 1 aromatic carbocycles. The van der Waals surface area contributed by atoms with Crippen LogP contribution < -0.4 is 10.6 Å².